The minimum atomic E-state index is -0.670. The zero-order valence-corrected chi connectivity index (χ0v) is 20.0. The average molecular weight is 474 g/mol. The number of hydrogen-bond acceptors (Lipinski definition) is 7. The van der Waals surface area contributed by atoms with Crippen LogP contribution in [0.3, 0.4) is 0 Å². The number of nitrogens with zero attached hydrogens (tertiary/aromatic N) is 2. The van der Waals surface area contributed by atoms with Gasteiger partial charge < -0.3 is 14.6 Å². The van der Waals surface area contributed by atoms with E-state index in [1.165, 1.54) is 17.5 Å². The third kappa shape index (κ3) is 6.51. The van der Waals surface area contributed by atoms with Crippen molar-refractivity contribution < 1.29 is 14.6 Å². The van der Waals surface area contributed by atoms with Crippen molar-refractivity contribution in [1.29, 1.82) is 0 Å². The van der Waals surface area contributed by atoms with E-state index >= 15 is 0 Å². The van der Waals surface area contributed by atoms with Crippen LogP contribution in [0.5, 0.6) is 11.5 Å². The van der Waals surface area contributed by atoms with Gasteiger partial charge in [0, 0.05) is 17.9 Å². The van der Waals surface area contributed by atoms with Crippen molar-refractivity contribution in [2.24, 2.45) is 0 Å². The molecule has 1 unspecified atom stereocenters. The molecular weight excluding hydrogens is 446 g/mol. The Hall–Kier alpha value is -2.48. The molecule has 1 heterocycles. The van der Waals surface area contributed by atoms with Crippen LogP contribution < -0.4 is 14.2 Å². The second kappa shape index (κ2) is 11.4. The summed E-state index contributed by atoms with van der Waals surface area (Å²) in [5, 5.41) is 9.53. The Labute approximate surface area is 198 Å². The first kappa shape index (κ1) is 24.2. The molecule has 0 spiro atoms. The molecule has 0 fully saturated rings. The van der Waals surface area contributed by atoms with Crippen LogP contribution in [0.15, 0.2) is 60.8 Å². The monoisotopic (exact) mass is 473 g/mol. The molecule has 1 aromatic heterocycles. The maximum Gasteiger partial charge on any atom is 0.233 e. The van der Waals surface area contributed by atoms with Gasteiger partial charge in [0.1, 0.15) is 30.8 Å². The Morgan fingerprint density at radius 1 is 1.00 bits per heavy atom. The van der Waals surface area contributed by atoms with Gasteiger partial charge in [-0.2, -0.15) is 0 Å². The van der Waals surface area contributed by atoms with E-state index in [1.807, 2.05) is 48.7 Å². The average Bonchev–Trinajstić information content (AvgIpc) is 2.82. The van der Waals surface area contributed by atoms with Gasteiger partial charge in [-0.3, -0.25) is 4.72 Å². The van der Waals surface area contributed by atoms with Crippen LogP contribution in [-0.2, 0) is 12.0 Å². The van der Waals surface area contributed by atoms with Crippen LogP contribution in [0.4, 0.5) is 5.95 Å². The Morgan fingerprint density at radius 2 is 1.59 bits per heavy atom. The summed E-state index contributed by atoms with van der Waals surface area (Å²) in [6.07, 6.45) is 2.97. The standard InChI is InChI=1S/C24H28ClN3O3S/c1-24(2,18-6-10-22(11-7-18)31-16-20(29)14-25)17-4-8-21(9-5-17)30-15-19-12-13-26-23(27-19)28-32-3/h4-13,20,29H,14-16H2,1-3H3,(H,26,27,28). The molecule has 3 rings (SSSR count). The van der Waals surface area contributed by atoms with Crippen molar-refractivity contribution >= 4 is 29.5 Å². The highest BCUT2D eigenvalue weighted by Crippen LogP contribution is 2.33. The molecule has 170 valence electrons. The third-order valence-electron chi connectivity index (χ3n) is 5.07. The summed E-state index contributed by atoms with van der Waals surface area (Å²) in [6.45, 7) is 4.90. The molecule has 1 atom stereocenters. The molecule has 0 saturated heterocycles. The number of halogens is 1. The summed E-state index contributed by atoms with van der Waals surface area (Å²) in [5.41, 5.74) is 2.94. The van der Waals surface area contributed by atoms with Crippen molar-refractivity contribution in [3.8, 4) is 11.5 Å². The molecule has 8 heteroatoms. The third-order valence-corrected chi connectivity index (χ3v) is 5.81. The lowest BCUT2D eigenvalue weighted by atomic mass is 9.78. The molecule has 0 saturated carbocycles. The topological polar surface area (TPSA) is 76.5 Å². The molecule has 0 aliphatic rings. The van der Waals surface area contributed by atoms with Gasteiger partial charge in [0.05, 0.1) is 11.6 Å². The number of nitrogens with one attached hydrogen (secondary N) is 1. The molecule has 0 aliphatic carbocycles. The second-order valence-corrected chi connectivity index (χ2v) is 8.68. The molecular formula is C24H28ClN3O3S. The number of alkyl halides is 1. The molecule has 2 aromatic carbocycles. The molecule has 2 N–H and O–H groups in total. The van der Waals surface area contributed by atoms with Crippen molar-refractivity contribution in [2.45, 2.75) is 32.0 Å². The fraction of sp³-hybridized carbons (Fsp3) is 0.333. The van der Waals surface area contributed by atoms with E-state index < -0.39 is 6.10 Å². The quantitative estimate of drug-likeness (QED) is 0.298. The van der Waals surface area contributed by atoms with E-state index in [9.17, 15) is 5.11 Å². The Kier molecular flexibility index (Phi) is 8.61. The SMILES string of the molecule is CSNc1nccc(COc2ccc(C(C)(C)c3ccc(OCC(O)CCl)cc3)cc2)n1. The van der Waals surface area contributed by atoms with Gasteiger partial charge in [0.2, 0.25) is 5.95 Å². The number of rotatable bonds is 11. The van der Waals surface area contributed by atoms with E-state index in [2.05, 4.69) is 40.7 Å². The number of aliphatic hydroxyl groups excluding tert-OH is 1. The summed E-state index contributed by atoms with van der Waals surface area (Å²) in [7, 11) is 0. The number of aliphatic hydroxyl groups is 1. The predicted molar refractivity (Wildman–Crippen MR) is 131 cm³/mol. The lowest BCUT2D eigenvalue weighted by molar-refractivity contribution is 0.125. The summed E-state index contributed by atoms with van der Waals surface area (Å²) in [4.78, 5) is 8.57. The molecule has 3 aromatic rings. The van der Waals surface area contributed by atoms with E-state index in [1.54, 1.807) is 6.20 Å². The Balaban J connectivity index is 1.62. The maximum absolute atomic E-state index is 9.53. The van der Waals surface area contributed by atoms with Crippen LogP contribution in [0.2, 0.25) is 0 Å². The molecule has 6 nitrogen and oxygen atoms in total. The van der Waals surface area contributed by atoms with Crippen LogP contribution in [0.25, 0.3) is 0 Å². The first-order valence-electron chi connectivity index (χ1n) is 10.2. The van der Waals surface area contributed by atoms with E-state index in [0.717, 1.165) is 17.0 Å². The Morgan fingerprint density at radius 3 is 2.16 bits per heavy atom. The van der Waals surface area contributed by atoms with Crippen molar-refractivity contribution in [1.82, 2.24) is 9.97 Å². The first-order chi connectivity index (χ1) is 15.4. The molecule has 32 heavy (non-hydrogen) atoms. The van der Waals surface area contributed by atoms with Crippen molar-refractivity contribution in [3.63, 3.8) is 0 Å². The number of ether oxygens (including phenoxy) is 2. The van der Waals surface area contributed by atoms with Gasteiger partial charge in [0.15, 0.2) is 0 Å². The lowest BCUT2D eigenvalue weighted by Gasteiger charge is -2.26. The van der Waals surface area contributed by atoms with Crippen molar-refractivity contribution in [2.75, 3.05) is 23.5 Å². The van der Waals surface area contributed by atoms with Crippen LogP contribution in [0.1, 0.15) is 30.7 Å². The molecule has 0 aliphatic heterocycles. The van der Waals surface area contributed by atoms with Gasteiger partial charge in [-0.15, -0.1) is 11.6 Å². The highest BCUT2D eigenvalue weighted by molar-refractivity contribution is 7.99. The van der Waals surface area contributed by atoms with Gasteiger partial charge >= 0.3 is 0 Å². The highest BCUT2D eigenvalue weighted by atomic mass is 35.5. The predicted octanol–water partition coefficient (Wildman–Crippen LogP) is 5.05. The number of benzene rings is 2. The first-order valence-corrected chi connectivity index (χ1v) is 12.0. The van der Waals surface area contributed by atoms with Gasteiger partial charge in [0.25, 0.3) is 0 Å². The number of aromatic nitrogens is 2. The Bertz CT molecular complexity index is 985. The minimum absolute atomic E-state index is 0.153. The smallest absolute Gasteiger partial charge is 0.233 e. The molecule has 0 amide bonds. The van der Waals surface area contributed by atoms with E-state index in [4.69, 9.17) is 21.1 Å². The highest BCUT2D eigenvalue weighted by Gasteiger charge is 2.23. The summed E-state index contributed by atoms with van der Waals surface area (Å²) >= 11 is 7.05. The molecule has 0 radical (unpaired) electrons. The van der Waals surface area contributed by atoms with Gasteiger partial charge in [-0.25, -0.2) is 9.97 Å². The summed E-state index contributed by atoms with van der Waals surface area (Å²) in [6, 6.07) is 17.9. The van der Waals surface area contributed by atoms with Gasteiger partial charge in [-0.1, -0.05) is 50.1 Å². The fourth-order valence-electron chi connectivity index (χ4n) is 3.11. The maximum atomic E-state index is 9.53. The molecule has 0 bridgehead atoms. The second-order valence-electron chi connectivity index (χ2n) is 7.76. The minimum Gasteiger partial charge on any atom is -0.491 e. The van der Waals surface area contributed by atoms with Crippen LogP contribution in [-0.4, -0.2) is 39.9 Å². The zero-order chi connectivity index (χ0) is 23.0. The number of anilines is 1. The van der Waals surface area contributed by atoms with Gasteiger partial charge in [-0.05, 0) is 41.5 Å². The lowest BCUT2D eigenvalue weighted by Crippen LogP contribution is -2.20. The van der Waals surface area contributed by atoms with E-state index in [-0.39, 0.29) is 17.9 Å². The number of hydrogen-bond donors (Lipinski definition) is 2. The zero-order valence-electron chi connectivity index (χ0n) is 18.4. The fourth-order valence-corrected chi connectivity index (χ4v) is 3.48. The normalized spacial score (nSPS) is 12.3. The van der Waals surface area contributed by atoms with Crippen molar-refractivity contribution in [3.05, 3.63) is 77.6 Å². The van der Waals surface area contributed by atoms with E-state index in [0.29, 0.717) is 18.3 Å². The van der Waals surface area contributed by atoms with Crippen LogP contribution >= 0.6 is 23.5 Å². The largest absolute Gasteiger partial charge is 0.491 e. The van der Waals surface area contributed by atoms with Crippen LogP contribution in [0, 0.1) is 0 Å². The summed E-state index contributed by atoms with van der Waals surface area (Å²) in [5.74, 6) is 2.21. The summed E-state index contributed by atoms with van der Waals surface area (Å²) < 4.78 is 14.5.